The normalized spacial score (nSPS) is 24.2. The van der Waals surface area contributed by atoms with Crippen molar-refractivity contribution in [2.24, 2.45) is 5.73 Å². The Morgan fingerprint density at radius 1 is 1.78 bits per heavy atom. The number of amides is 1. The van der Waals surface area contributed by atoms with Crippen LogP contribution in [0.4, 0.5) is 4.79 Å². The van der Waals surface area contributed by atoms with Crippen LogP contribution >= 0.6 is 10.5 Å². The Bertz CT molecular complexity index is 185. The van der Waals surface area contributed by atoms with Gasteiger partial charge in [0.25, 0.3) is 5.24 Å². The zero-order valence-corrected chi connectivity index (χ0v) is 5.56. The third-order valence-electron chi connectivity index (χ3n) is 0.871. The molecule has 0 saturated heterocycles. The van der Waals surface area contributed by atoms with Crippen molar-refractivity contribution in [3.05, 3.63) is 12.3 Å². The van der Waals surface area contributed by atoms with E-state index in [-0.39, 0.29) is 5.24 Å². The molecule has 0 bridgehead atoms. The average Bonchev–Trinajstić information content (AvgIpc) is 1.90. The molecule has 0 aromatic rings. The molecule has 1 aliphatic heterocycles. The van der Waals surface area contributed by atoms with Crippen molar-refractivity contribution in [3.8, 4) is 0 Å². The minimum Gasteiger partial charge on any atom is -0.491 e. The van der Waals surface area contributed by atoms with E-state index in [1.165, 1.54) is 0 Å². The fourth-order valence-electron chi connectivity index (χ4n) is 0.459. The lowest BCUT2D eigenvalue weighted by molar-refractivity contribution is 0.266. The third-order valence-corrected chi connectivity index (χ3v) is 2.26. The highest BCUT2D eigenvalue weighted by atomic mass is 32.2. The highest BCUT2D eigenvalue weighted by molar-refractivity contribution is 8.27. The van der Waals surface area contributed by atoms with Crippen molar-refractivity contribution in [2.75, 3.05) is 5.94 Å². The second-order valence-electron chi connectivity index (χ2n) is 1.50. The number of carbonyl (C=O) groups excluding carboxylic acids is 1. The second-order valence-corrected chi connectivity index (χ2v) is 3.26. The molecule has 1 amide bonds. The fraction of sp³-hybridized carbons (Fsp3) is 0.200. The minimum atomic E-state index is -0.492. The number of carbonyl (C=O) groups is 1. The lowest BCUT2D eigenvalue weighted by Gasteiger charge is -2.06. The fourth-order valence-corrected chi connectivity index (χ4v) is 1.27. The molecular weight excluding hydrogens is 138 g/mol. The predicted molar refractivity (Wildman–Crippen MR) is 38.3 cm³/mol. The number of hydrogen-bond donors (Lipinski definition) is 1. The van der Waals surface area contributed by atoms with Crippen molar-refractivity contribution in [1.29, 1.82) is 0 Å². The molecule has 0 aromatic heterocycles. The minimum absolute atomic E-state index is 0.306. The smallest absolute Gasteiger partial charge is 0.274 e. The van der Waals surface area contributed by atoms with Crippen LogP contribution in [0.15, 0.2) is 12.3 Å². The summed E-state index contributed by atoms with van der Waals surface area (Å²) in [5.41, 5.74) is 5.00. The van der Waals surface area contributed by atoms with Crippen LogP contribution in [0, 0.1) is 0 Å². The molecule has 0 spiro atoms. The van der Waals surface area contributed by atoms with E-state index in [4.69, 9.17) is 10.5 Å². The first-order chi connectivity index (χ1) is 4.30. The molecule has 2 N–H and O–H groups in total. The van der Waals surface area contributed by atoms with Gasteiger partial charge in [-0.25, -0.2) is 0 Å². The molecule has 50 valence electrons. The summed E-state index contributed by atoms with van der Waals surface area (Å²) in [7, 11) is -0.492. The number of nitrogens with two attached hydrogens (primary N) is 1. The molecule has 1 rings (SSSR count). The van der Waals surface area contributed by atoms with Crippen LogP contribution in [-0.4, -0.2) is 16.5 Å². The van der Waals surface area contributed by atoms with Crippen LogP contribution in [0.1, 0.15) is 0 Å². The van der Waals surface area contributed by atoms with Gasteiger partial charge in [-0.2, -0.15) is 0 Å². The molecule has 1 aliphatic rings. The molecule has 1 atom stereocenters. The number of allylic oxidation sites excluding steroid dienone is 1. The molecular formula is C5H7NO2S. The van der Waals surface area contributed by atoms with Gasteiger partial charge in [0.1, 0.15) is 5.94 Å². The largest absolute Gasteiger partial charge is 0.491 e. The van der Waals surface area contributed by atoms with Gasteiger partial charge in [0.2, 0.25) is 0 Å². The van der Waals surface area contributed by atoms with Crippen LogP contribution in [0.25, 0.3) is 0 Å². The van der Waals surface area contributed by atoms with Crippen LogP contribution in [0.3, 0.4) is 0 Å². The average molecular weight is 145 g/mol. The molecule has 3 nitrogen and oxygen atoms in total. The van der Waals surface area contributed by atoms with Crippen molar-refractivity contribution in [1.82, 2.24) is 0 Å². The van der Waals surface area contributed by atoms with Crippen molar-refractivity contribution in [3.63, 3.8) is 0 Å². The number of rotatable bonds is 0. The Morgan fingerprint density at radius 3 is 2.89 bits per heavy atom. The van der Waals surface area contributed by atoms with Crippen molar-refractivity contribution >= 4 is 21.1 Å². The van der Waals surface area contributed by atoms with Crippen molar-refractivity contribution in [2.45, 2.75) is 0 Å². The summed E-state index contributed by atoms with van der Waals surface area (Å²) in [5.74, 6) is 0.409. The van der Waals surface area contributed by atoms with Crippen LogP contribution in [0.2, 0.25) is 0 Å². The van der Waals surface area contributed by atoms with E-state index >= 15 is 0 Å². The molecule has 0 aromatic carbocycles. The summed E-state index contributed by atoms with van der Waals surface area (Å²) in [4.78, 5) is 10.4. The van der Waals surface area contributed by atoms with Gasteiger partial charge in [0, 0.05) is 0 Å². The van der Waals surface area contributed by atoms with E-state index in [0.29, 0.717) is 5.94 Å². The Balaban J connectivity index is 2.68. The quantitative estimate of drug-likeness (QED) is 0.508. The molecule has 0 saturated carbocycles. The van der Waals surface area contributed by atoms with Gasteiger partial charge in [-0.3, -0.25) is 4.79 Å². The van der Waals surface area contributed by atoms with Gasteiger partial charge in [0.15, 0.2) is 0 Å². The molecule has 1 unspecified atom stereocenters. The van der Waals surface area contributed by atoms with Crippen LogP contribution in [-0.2, 0) is 4.74 Å². The van der Waals surface area contributed by atoms with Gasteiger partial charge in [-0.05, 0) is 11.4 Å². The highest BCUT2D eigenvalue weighted by Crippen LogP contribution is 2.14. The summed E-state index contributed by atoms with van der Waals surface area (Å²) in [6.07, 6.45) is 3.24. The summed E-state index contributed by atoms with van der Waals surface area (Å²) >= 11 is 0. The zero-order chi connectivity index (χ0) is 6.69. The SMILES string of the molecule is NC(=O)S1=CC=COC1. The molecule has 0 fully saturated rings. The van der Waals surface area contributed by atoms with E-state index in [0.717, 1.165) is 0 Å². The number of ether oxygens (including phenoxy) is 1. The van der Waals surface area contributed by atoms with E-state index in [1.807, 2.05) is 0 Å². The standard InChI is InChI=1S/C5H7NO2S/c6-5(7)9-3-1-2-8-4-9/h1-3H,4H2,(H2,6,7). The van der Waals surface area contributed by atoms with E-state index in [2.05, 4.69) is 0 Å². The van der Waals surface area contributed by atoms with E-state index < -0.39 is 10.5 Å². The Labute approximate surface area is 55.4 Å². The van der Waals surface area contributed by atoms with Crippen molar-refractivity contribution < 1.29 is 9.53 Å². The first kappa shape index (κ1) is 6.35. The lowest BCUT2D eigenvalue weighted by atomic mass is 10.7. The molecule has 9 heavy (non-hydrogen) atoms. The summed E-state index contributed by atoms with van der Waals surface area (Å²) in [6.45, 7) is 0. The monoisotopic (exact) mass is 145 g/mol. The predicted octanol–water partition coefficient (Wildman–Crippen LogP) is 0.638. The first-order valence-corrected chi connectivity index (χ1v) is 3.87. The maximum Gasteiger partial charge on any atom is 0.274 e. The molecule has 0 aliphatic carbocycles. The molecule has 4 heteroatoms. The molecule has 1 heterocycles. The van der Waals surface area contributed by atoms with Gasteiger partial charge >= 0.3 is 0 Å². The lowest BCUT2D eigenvalue weighted by Crippen LogP contribution is -2.09. The molecule has 0 radical (unpaired) electrons. The summed E-state index contributed by atoms with van der Waals surface area (Å²) in [5, 5.41) is 1.45. The van der Waals surface area contributed by atoms with Gasteiger partial charge in [-0.15, -0.1) is 0 Å². The van der Waals surface area contributed by atoms with Gasteiger partial charge in [0.05, 0.1) is 6.26 Å². The van der Waals surface area contributed by atoms with Gasteiger partial charge in [-0.1, -0.05) is 10.5 Å². The summed E-state index contributed by atoms with van der Waals surface area (Å²) < 4.78 is 4.84. The Kier molecular flexibility index (Phi) is 1.89. The topological polar surface area (TPSA) is 52.3 Å². The second kappa shape index (κ2) is 2.68. The Hall–Kier alpha value is -0.770. The first-order valence-electron chi connectivity index (χ1n) is 2.41. The highest BCUT2D eigenvalue weighted by Gasteiger charge is 2.02. The zero-order valence-electron chi connectivity index (χ0n) is 4.74. The van der Waals surface area contributed by atoms with E-state index in [9.17, 15) is 4.79 Å². The third kappa shape index (κ3) is 1.57. The van der Waals surface area contributed by atoms with Crippen LogP contribution < -0.4 is 5.73 Å². The summed E-state index contributed by atoms with van der Waals surface area (Å²) in [6, 6.07) is 0. The maximum absolute atomic E-state index is 10.4. The number of primary amides is 1. The van der Waals surface area contributed by atoms with E-state index in [1.54, 1.807) is 17.7 Å². The Morgan fingerprint density at radius 2 is 2.56 bits per heavy atom. The van der Waals surface area contributed by atoms with Crippen LogP contribution in [0.5, 0.6) is 0 Å². The maximum atomic E-state index is 10.4. The number of hydrogen-bond acceptors (Lipinski definition) is 2. The van der Waals surface area contributed by atoms with Gasteiger partial charge < -0.3 is 10.5 Å².